The summed E-state index contributed by atoms with van der Waals surface area (Å²) in [5.41, 5.74) is 1.11. The fraction of sp³-hybridized carbons (Fsp3) is 0.500. The van der Waals surface area contributed by atoms with Crippen LogP contribution in [0, 0.1) is 5.92 Å². The Balaban J connectivity index is 1.78. The van der Waals surface area contributed by atoms with Crippen molar-refractivity contribution in [2.24, 2.45) is 5.92 Å². The Hall–Kier alpha value is -1.09. The van der Waals surface area contributed by atoms with Crippen LogP contribution in [0.1, 0.15) is 32.6 Å². The molecule has 1 atom stereocenters. The summed E-state index contributed by atoms with van der Waals surface area (Å²) in [7, 11) is 0. The molecule has 1 aliphatic rings. The van der Waals surface area contributed by atoms with E-state index in [9.17, 15) is 0 Å². The normalized spacial score (nSPS) is 17.2. The number of hydrogen-bond acceptors (Lipinski definition) is 3. The smallest absolute Gasteiger partial charge is 0.117 e. The van der Waals surface area contributed by atoms with Gasteiger partial charge in [0.1, 0.15) is 5.00 Å². The van der Waals surface area contributed by atoms with Crippen molar-refractivity contribution in [2.75, 3.05) is 5.32 Å². The molecule has 0 bridgehead atoms. The highest BCUT2D eigenvalue weighted by Crippen LogP contribution is 2.36. The van der Waals surface area contributed by atoms with Crippen LogP contribution in [0.2, 0.25) is 0 Å². The molecule has 1 saturated carbocycles. The van der Waals surface area contributed by atoms with E-state index >= 15 is 0 Å². The van der Waals surface area contributed by atoms with Crippen LogP contribution < -0.4 is 5.32 Å². The van der Waals surface area contributed by atoms with E-state index in [-0.39, 0.29) is 0 Å². The van der Waals surface area contributed by atoms with E-state index in [1.54, 1.807) is 11.5 Å². The third-order valence-corrected chi connectivity index (χ3v) is 4.34. The van der Waals surface area contributed by atoms with Gasteiger partial charge in [-0.1, -0.05) is 31.9 Å². The van der Waals surface area contributed by atoms with Gasteiger partial charge in [-0.15, -0.1) is 0 Å². The maximum atomic E-state index is 4.48. The lowest BCUT2D eigenvalue weighted by atomic mass is 10.1. The molecule has 1 unspecified atom stereocenters. The number of aromatic nitrogens is 1. The first-order chi connectivity index (χ1) is 8.36. The minimum absolute atomic E-state index is 0.617. The zero-order valence-corrected chi connectivity index (χ0v) is 11.0. The van der Waals surface area contributed by atoms with Crippen LogP contribution in [-0.2, 0) is 0 Å². The summed E-state index contributed by atoms with van der Waals surface area (Å²) in [6.45, 7) is 2.27. The van der Waals surface area contributed by atoms with Gasteiger partial charge < -0.3 is 5.32 Å². The summed E-state index contributed by atoms with van der Waals surface area (Å²) < 4.78 is 4.48. The average molecular weight is 246 g/mol. The molecule has 17 heavy (non-hydrogen) atoms. The standard InChI is InChI=1S/C14H18N2S/c1-2-11(9-10-7-8-10)15-14-12-5-3-4-6-13(12)16-17-14/h3-6,10-11,15H,2,7-9H2,1H3. The Morgan fingerprint density at radius 2 is 2.24 bits per heavy atom. The van der Waals surface area contributed by atoms with Gasteiger partial charge in [-0.3, -0.25) is 0 Å². The summed E-state index contributed by atoms with van der Waals surface area (Å²) >= 11 is 1.59. The SMILES string of the molecule is CCC(CC1CC1)Nc1snc2ccccc12. The van der Waals surface area contributed by atoms with E-state index in [1.165, 1.54) is 36.1 Å². The lowest BCUT2D eigenvalue weighted by Crippen LogP contribution is -2.18. The Labute approximate surface area is 106 Å². The van der Waals surface area contributed by atoms with Crippen LogP contribution in [0.5, 0.6) is 0 Å². The number of hydrogen-bond donors (Lipinski definition) is 1. The largest absolute Gasteiger partial charge is 0.372 e. The van der Waals surface area contributed by atoms with Crippen LogP contribution >= 0.6 is 11.5 Å². The van der Waals surface area contributed by atoms with Crippen LogP contribution in [-0.4, -0.2) is 10.4 Å². The van der Waals surface area contributed by atoms with Crippen LogP contribution in [0.25, 0.3) is 10.9 Å². The highest BCUT2D eigenvalue weighted by atomic mass is 32.1. The van der Waals surface area contributed by atoms with Crippen molar-refractivity contribution < 1.29 is 0 Å². The zero-order valence-electron chi connectivity index (χ0n) is 10.1. The van der Waals surface area contributed by atoms with Crippen LogP contribution in [0.15, 0.2) is 24.3 Å². The van der Waals surface area contributed by atoms with Gasteiger partial charge in [0.05, 0.1) is 5.52 Å². The molecule has 0 amide bonds. The van der Waals surface area contributed by atoms with Gasteiger partial charge in [-0.25, -0.2) is 0 Å². The first-order valence-electron chi connectivity index (χ1n) is 6.47. The summed E-state index contributed by atoms with van der Waals surface area (Å²) in [6.07, 6.45) is 5.38. The summed E-state index contributed by atoms with van der Waals surface area (Å²) in [6, 6.07) is 8.99. The second kappa shape index (κ2) is 4.65. The van der Waals surface area contributed by atoms with Crippen molar-refractivity contribution in [3.63, 3.8) is 0 Å². The number of nitrogens with one attached hydrogen (secondary N) is 1. The third kappa shape index (κ3) is 2.44. The molecule has 3 rings (SSSR count). The molecule has 1 fully saturated rings. The fourth-order valence-corrected chi connectivity index (χ4v) is 3.10. The fourth-order valence-electron chi connectivity index (χ4n) is 2.26. The molecule has 1 aromatic carbocycles. The molecule has 2 nitrogen and oxygen atoms in total. The zero-order chi connectivity index (χ0) is 11.7. The molecule has 0 spiro atoms. The molecule has 90 valence electrons. The number of nitrogens with zero attached hydrogens (tertiary/aromatic N) is 1. The molecular weight excluding hydrogens is 228 g/mol. The number of anilines is 1. The second-order valence-corrected chi connectivity index (χ2v) is 5.73. The maximum Gasteiger partial charge on any atom is 0.117 e. The minimum Gasteiger partial charge on any atom is -0.372 e. The second-order valence-electron chi connectivity index (χ2n) is 4.96. The maximum absolute atomic E-state index is 4.48. The van der Waals surface area contributed by atoms with Crippen LogP contribution in [0.4, 0.5) is 5.00 Å². The van der Waals surface area contributed by atoms with Gasteiger partial charge in [-0.05, 0) is 42.4 Å². The average Bonchev–Trinajstić information content (AvgIpc) is 3.09. The van der Waals surface area contributed by atoms with E-state index in [2.05, 4.69) is 34.8 Å². The van der Waals surface area contributed by atoms with Gasteiger partial charge in [0.15, 0.2) is 0 Å². The molecule has 1 N–H and O–H groups in total. The topological polar surface area (TPSA) is 24.9 Å². The summed E-state index contributed by atoms with van der Waals surface area (Å²) in [5, 5.41) is 6.19. The van der Waals surface area contributed by atoms with Gasteiger partial charge in [-0.2, -0.15) is 4.37 Å². The van der Waals surface area contributed by atoms with E-state index in [0.717, 1.165) is 11.4 Å². The first-order valence-corrected chi connectivity index (χ1v) is 7.25. The summed E-state index contributed by atoms with van der Waals surface area (Å²) in [5.74, 6) is 0.978. The molecule has 3 heteroatoms. The number of fused-ring (bicyclic) bond motifs is 1. The minimum atomic E-state index is 0.617. The molecule has 2 aromatic rings. The Morgan fingerprint density at radius 1 is 1.41 bits per heavy atom. The Bertz CT molecular complexity index is 502. The monoisotopic (exact) mass is 246 g/mol. The van der Waals surface area contributed by atoms with Crippen molar-refractivity contribution in [1.82, 2.24) is 4.37 Å². The van der Waals surface area contributed by atoms with Crippen molar-refractivity contribution >= 4 is 27.4 Å². The molecule has 0 radical (unpaired) electrons. The van der Waals surface area contributed by atoms with E-state index in [0.29, 0.717) is 6.04 Å². The summed E-state index contributed by atoms with van der Waals surface area (Å²) in [4.78, 5) is 0. The van der Waals surface area contributed by atoms with Crippen molar-refractivity contribution in [3.05, 3.63) is 24.3 Å². The number of rotatable bonds is 5. The Morgan fingerprint density at radius 3 is 3.00 bits per heavy atom. The lowest BCUT2D eigenvalue weighted by molar-refractivity contribution is 0.588. The molecule has 0 aliphatic heterocycles. The third-order valence-electron chi connectivity index (χ3n) is 3.53. The van der Waals surface area contributed by atoms with E-state index < -0.39 is 0 Å². The van der Waals surface area contributed by atoms with Gasteiger partial charge in [0, 0.05) is 11.4 Å². The van der Waals surface area contributed by atoms with Crippen molar-refractivity contribution in [3.8, 4) is 0 Å². The highest BCUT2D eigenvalue weighted by molar-refractivity contribution is 7.11. The molecular formula is C14H18N2S. The molecule has 1 heterocycles. The first kappa shape index (κ1) is 11.0. The van der Waals surface area contributed by atoms with Gasteiger partial charge in [0.25, 0.3) is 0 Å². The van der Waals surface area contributed by atoms with E-state index in [1.807, 2.05) is 6.07 Å². The molecule has 0 saturated heterocycles. The van der Waals surface area contributed by atoms with Gasteiger partial charge >= 0.3 is 0 Å². The quantitative estimate of drug-likeness (QED) is 0.851. The Kier molecular flexibility index (Phi) is 3.02. The predicted molar refractivity (Wildman–Crippen MR) is 74.7 cm³/mol. The lowest BCUT2D eigenvalue weighted by Gasteiger charge is -2.16. The van der Waals surface area contributed by atoms with E-state index in [4.69, 9.17) is 0 Å². The molecule has 1 aromatic heterocycles. The number of benzene rings is 1. The highest BCUT2D eigenvalue weighted by Gasteiger charge is 2.25. The molecule has 1 aliphatic carbocycles. The van der Waals surface area contributed by atoms with Crippen LogP contribution in [0.3, 0.4) is 0 Å². The van der Waals surface area contributed by atoms with Crippen molar-refractivity contribution in [1.29, 1.82) is 0 Å². The van der Waals surface area contributed by atoms with Crippen molar-refractivity contribution in [2.45, 2.75) is 38.6 Å². The predicted octanol–water partition coefficient (Wildman–Crippen LogP) is 4.29. The van der Waals surface area contributed by atoms with Gasteiger partial charge in [0.2, 0.25) is 0 Å².